The molecule has 0 aliphatic rings. The molecule has 0 amide bonds. The molecule has 5 heteroatoms. The quantitative estimate of drug-likeness (QED) is 0.730. The fourth-order valence-electron chi connectivity index (χ4n) is 1.33. The minimum atomic E-state index is -0.491. The molecule has 0 bridgehead atoms. The van der Waals surface area contributed by atoms with E-state index in [9.17, 15) is 4.39 Å². The summed E-state index contributed by atoms with van der Waals surface area (Å²) in [7, 11) is 0. The number of pyridine rings is 1. The summed E-state index contributed by atoms with van der Waals surface area (Å²) in [5, 5.41) is 8.85. The van der Waals surface area contributed by atoms with Crippen LogP contribution in [0.4, 0.5) is 4.39 Å². The van der Waals surface area contributed by atoms with Crippen molar-refractivity contribution in [3.8, 4) is 17.3 Å². The van der Waals surface area contributed by atoms with Gasteiger partial charge in [-0.15, -0.1) is 0 Å². The Morgan fingerprint density at radius 1 is 1.18 bits per heavy atom. The van der Waals surface area contributed by atoms with Crippen LogP contribution in [0.1, 0.15) is 5.56 Å². The van der Waals surface area contributed by atoms with E-state index in [0.29, 0.717) is 16.8 Å². The second kappa shape index (κ2) is 4.70. The number of rotatable bonds is 1. The molecule has 0 spiro atoms. The lowest BCUT2D eigenvalue weighted by Gasteiger charge is -2.03. The van der Waals surface area contributed by atoms with Gasteiger partial charge in [-0.25, -0.2) is 9.37 Å². The van der Waals surface area contributed by atoms with Crippen LogP contribution in [0.3, 0.4) is 0 Å². The first kappa shape index (κ1) is 11.8. The maximum absolute atomic E-state index is 13.0. The number of benzene rings is 1. The van der Waals surface area contributed by atoms with Gasteiger partial charge in [0.2, 0.25) is 0 Å². The lowest BCUT2D eigenvalue weighted by Crippen LogP contribution is -1.88. The zero-order valence-electron chi connectivity index (χ0n) is 8.42. The highest BCUT2D eigenvalue weighted by Gasteiger charge is 2.07. The van der Waals surface area contributed by atoms with Gasteiger partial charge in [0.1, 0.15) is 17.0 Å². The van der Waals surface area contributed by atoms with Gasteiger partial charge in [0.15, 0.2) is 0 Å². The number of aromatic nitrogens is 1. The molecule has 2 aromatic rings. The first-order valence-electron chi connectivity index (χ1n) is 4.64. The van der Waals surface area contributed by atoms with Crippen LogP contribution in [0.5, 0.6) is 0 Å². The van der Waals surface area contributed by atoms with Gasteiger partial charge in [-0.2, -0.15) is 5.26 Å². The third-order valence-electron chi connectivity index (χ3n) is 2.18. The van der Waals surface area contributed by atoms with E-state index in [-0.39, 0.29) is 10.2 Å². The molecule has 0 aliphatic carbocycles. The van der Waals surface area contributed by atoms with E-state index in [2.05, 4.69) is 4.98 Å². The Morgan fingerprint density at radius 2 is 1.94 bits per heavy atom. The van der Waals surface area contributed by atoms with Crippen molar-refractivity contribution in [2.24, 2.45) is 0 Å². The van der Waals surface area contributed by atoms with Gasteiger partial charge in [0.25, 0.3) is 0 Å². The summed E-state index contributed by atoms with van der Waals surface area (Å²) in [4.78, 5) is 4.05. The van der Waals surface area contributed by atoms with E-state index in [1.54, 1.807) is 18.2 Å². The summed E-state index contributed by atoms with van der Waals surface area (Å²) in [6, 6.07) is 9.37. The molecular weight excluding hydrogens is 262 g/mol. The van der Waals surface area contributed by atoms with Crippen molar-refractivity contribution in [2.75, 3.05) is 0 Å². The molecule has 0 fully saturated rings. The number of nitriles is 1. The molecule has 1 aromatic heterocycles. The van der Waals surface area contributed by atoms with Crippen molar-refractivity contribution in [1.82, 2.24) is 4.98 Å². The van der Waals surface area contributed by atoms with Gasteiger partial charge >= 0.3 is 0 Å². The zero-order chi connectivity index (χ0) is 12.4. The van der Waals surface area contributed by atoms with Crippen LogP contribution < -0.4 is 0 Å². The van der Waals surface area contributed by atoms with Gasteiger partial charge in [-0.05, 0) is 30.3 Å². The predicted octanol–water partition coefficient (Wildman–Crippen LogP) is 4.07. The summed E-state index contributed by atoms with van der Waals surface area (Å²) >= 11 is 11.5. The third kappa shape index (κ3) is 2.38. The van der Waals surface area contributed by atoms with Crippen LogP contribution in [-0.2, 0) is 0 Å². The van der Waals surface area contributed by atoms with Gasteiger partial charge < -0.3 is 0 Å². The maximum Gasteiger partial charge on any atom is 0.147 e. The lowest BCUT2D eigenvalue weighted by molar-refractivity contribution is 0.628. The monoisotopic (exact) mass is 266 g/mol. The van der Waals surface area contributed by atoms with Crippen LogP contribution in [0, 0.1) is 17.1 Å². The highest BCUT2D eigenvalue weighted by atomic mass is 35.5. The highest BCUT2D eigenvalue weighted by molar-refractivity contribution is 6.31. The first-order valence-corrected chi connectivity index (χ1v) is 5.39. The van der Waals surface area contributed by atoms with Crippen LogP contribution in [0.15, 0.2) is 30.3 Å². The summed E-state index contributed by atoms with van der Waals surface area (Å²) in [6.07, 6.45) is 0. The third-order valence-corrected chi connectivity index (χ3v) is 2.76. The molecule has 2 rings (SSSR count). The first-order chi connectivity index (χ1) is 8.11. The fourth-order valence-corrected chi connectivity index (χ4v) is 1.71. The molecule has 1 aromatic carbocycles. The van der Waals surface area contributed by atoms with Gasteiger partial charge in [0, 0.05) is 5.56 Å². The summed E-state index contributed by atoms with van der Waals surface area (Å²) in [5.41, 5.74) is 1.47. The Morgan fingerprint density at radius 3 is 2.53 bits per heavy atom. The topological polar surface area (TPSA) is 36.7 Å². The number of nitrogens with zero attached hydrogens (tertiary/aromatic N) is 2. The van der Waals surface area contributed by atoms with Crippen molar-refractivity contribution in [2.45, 2.75) is 0 Å². The summed E-state index contributed by atoms with van der Waals surface area (Å²) < 4.78 is 13.0. The maximum atomic E-state index is 13.0. The Labute approximate surface area is 107 Å². The second-order valence-electron chi connectivity index (χ2n) is 3.28. The van der Waals surface area contributed by atoms with E-state index in [1.165, 1.54) is 12.1 Å². The average Bonchev–Trinajstić information content (AvgIpc) is 2.32. The average molecular weight is 267 g/mol. The number of halogens is 3. The van der Waals surface area contributed by atoms with Crippen LogP contribution in [0.25, 0.3) is 11.3 Å². The van der Waals surface area contributed by atoms with Gasteiger partial charge in [0.05, 0.1) is 16.3 Å². The molecule has 17 heavy (non-hydrogen) atoms. The van der Waals surface area contributed by atoms with Gasteiger partial charge in [-0.1, -0.05) is 23.2 Å². The number of hydrogen-bond donors (Lipinski definition) is 0. The van der Waals surface area contributed by atoms with Crippen molar-refractivity contribution >= 4 is 23.2 Å². The highest BCUT2D eigenvalue weighted by Crippen LogP contribution is 2.25. The SMILES string of the molecule is N#Cc1ccc(-c2ccc(F)c(Cl)c2)nc1Cl. The zero-order valence-corrected chi connectivity index (χ0v) is 9.93. The molecule has 84 valence electrons. The summed E-state index contributed by atoms with van der Waals surface area (Å²) in [6.45, 7) is 0. The fraction of sp³-hybridized carbons (Fsp3) is 0. The molecule has 0 unspecified atom stereocenters. The molecule has 0 radical (unpaired) electrons. The van der Waals surface area contributed by atoms with Crippen molar-refractivity contribution < 1.29 is 4.39 Å². The lowest BCUT2D eigenvalue weighted by atomic mass is 10.1. The molecular formula is C12H5Cl2FN2. The van der Waals surface area contributed by atoms with Gasteiger partial charge in [-0.3, -0.25) is 0 Å². The minimum Gasteiger partial charge on any atom is -0.235 e. The van der Waals surface area contributed by atoms with E-state index in [1.807, 2.05) is 6.07 Å². The largest absolute Gasteiger partial charge is 0.235 e. The second-order valence-corrected chi connectivity index (χ2v) is 4.04. The normalized spacial score (nSPS) is 10.0. The molecule has 0 atom stereocenters. The Balaban J connectivity index is 2.50. The number of hydrogen-bond acceptors (Lipinski definition) is 2. The molecule has 0 saturated carbocycles. The predicted molar refractivity (Wildman–Crippen MR) is 64.4 cm³/mol. The minimum absolute atomic E-state index is 0.0183. The Kier molecular flexibility index (Phi) is 3.28. The molecule has 0 N–H and O–H groups in total. The molecule has 1 heterocycles. The molecule has 0 aliphatic heterocycles. The van der Waals surface area contributed by atoms with E-state index >= 15 is 0 Å². The molecule has 2 nitrogen and oxygen atoms in total. The van der Waals surface area contributed by atoms with E-state index in [4.69, 9.17) is 28.5 Å². The van der Waals surface area contributed by atoms with Crippen molar-refractivity contribution in [3.05, 3.63) is 51.9 Å². The van der Waals surface area contributed by atoms with Crippen molar-refractivity contribution in [3.63, 3.8) is 0 Å². The smallest absolute Gasteiger partial charge is 0.147 e. The Bertz CT molecular complexity index is 620. The van der Waals surface area contributed by atoms with E-state index in [0.717, 1.165) is 0 Å². The van der Waals surface area contributed by atoms with Crippen LogP contribution in [0.2, 0.25) is 10.2 Å². The van der Waals surface area contributed by atoms with Crippen LogP contribution >= 0.6 is 23.2 Å². The van der Waals surface area contributed by atoms with Crippen molar-refractivity contribution in [1.29, 1.82) is 5.26 Å². The van der Waals surface area contributed by atoms with E-state index < -0.39 is 5.82 Å². The standard InChI is InChI=1S/C12H5Cl2FN2/c13-9-5-7(1-3-10(9)15)11-4-2-8(6-16)12(14)17-11/h1-5H. The summed E-state index contributed by atoms with van der Waals surface area (Å²) in [5.74, 6) is -0.491. The molecule has 0 saturated heterocycles. The Hall–Kier alpha value is -1.63. The van der Waals surface area contributed by atoms with Crippen LogP contribution in [-0.4, -0.2) is 4.98 Å².